The summed E-state index contributed by atoms with van der Waals surface area (Å²) in [7, 11) is 1.95. The molecule has 27 heavy (non-hydrogen) atoms. The molecule has 1 fully saturated rings. The second-order valence-electron chi connectivity index (χ2n) is 7.30. The zero-order chi connectivity index (χ0) is 19.0. The van der Waals surface area contributed by atoms with Crippen LogP contribution in [-0.4, -0.2) is 44.0 Å². The fraction of sp³-hybridized carbons (Fsp3) is 0.526. The van der Waals surface area contributed by atoms with Gasteiger partial charge >= 0.3 is 0 Å². The van der Waals surface area contributed by atoms with Gasteiger partial charge in [-0.15, -0.1) is 10.2 Å². The van der Waals surface area contributed by atoms with E-state index in [4.69, 9.17) is 11.6 Å². The van der Waals surface area contributed by atoms with Gasteiger partial charge in [0.25, 0.3) is 0 Å². The first-order chi connectivity index (χ1) is 13.0. The largest absolute Gasteiger partial charge is 0.342 e. The van der Waals surface area contributed by atoms with Crippen LogP contribution in [-0.2, 0) is 4.79 Å². The molecule has 1 aromatic heterocycles. The number of benzene rings is 1. The summed E-state index contributed by atoms with van der Waals surface area (Å²) < 4.78 is 1.87. The number of thioether (sulfide) groups is 1. The maximum Gasteiger partial charge on any atom is 0.238 e. The molecule has 2 aliphatic rings. The standard InChI is InChI=1S/C19H24ClN5OS/c1-12-21-22-19-25(12)23-16(13-8-10-14(20)11-9-13)17(27-19)18(26)24(2)15-6-4-3-5-7-15/h8-11,15-17,23H,3-7H2,1-2H3/t16-,17+/m1/s1. The number of carbonyl (C=O) groups excluding carboxylic acids is 1. The Bertz CT molecular complexity index is 818. The van der Waals surface area contributed by atoms with Gasteiger partial charge in [-0.3, -0.25) is 4.79 Å². The molecule has 0 spiro atoms. The maximum atomic E-state index is 13.4. The van der Waals surface area contributed by atoms with E-state index in [0.29, 0.717) is 11.1 Å². The first kappa shape index (κ1) is 18.6. The van der Waals surface area contributed by atoms with Crippen molar-refractivity contribution >= 4 is 29.3 Å². The first-order valence-corrected chi connectivity index (χ1v) is 10.7. The van der Waals surface area contributed by atoms with Crippen molar-refractivity contribution in [3.8, 4) is 0 Å². The van der Waals surface area contributed by atoms with Crippen LogP contribution in [0.15, 0.2) is 29.4 Å². The van der Waals surface area contributed by atoms with Crippen LogP contribution in [0.2, 0.25) is 5.02 Å². The Balaban J connectivity index is 1.64. The third kappa shape index (κ3) is 3.67. The lowest BCUT2D eigenvalue weighted by Crippen LogP contribution is -2.48. The Labute approximate surface area is 168 Å². The molecule has 4 rings (SSSR count). The Morgan fingerprint density at radius 1 is 1.22 bits per heavy atom. The second-order valence-corrected chi connectivity index (χ2v) is 8.85. The van der Waals surface area contributed by atoms with Crippen LogP contribution in [0.4, 0.5) is 0 Å². The molecular weight excluding hydrogens is 382 g/mol. The van der Waals surface area contributed by atoms with E-state index in [2.05, 4.69) is 15.6 Å². The zero-order valence-electron chi connectivity index (χ0n) is 15.6. The maximum absolute atomic E-state index is 13.4. The topological polar surface area (TPSA) is 63.1 Å². The number of rotatable bonds is 3. The summed E-state index contributed by atoms with van der Waals surface area (Å²) in [6, 6.07) is 7.85. The van der Waals surface area contributed by atoms with Crippen LogP contribution in [0.5, 0.6) is 0 Å². The molecule has 2 atom stereocenters. The van der Waals surface area contributed by atoms with E-state index < -0.39 is 0 Å². The molecule has 144 valence electrons. The highest BCUT2D eigenvalue weighted by molar-refractivity contribution is 8.00. The molecule has 2 aromatic rings. The number of nitrogens with zero attached hydrogens (tertiary/aromatic N) is 4. The highest BCUT2D eigenvalue weighted by Crippen LogP contribution is 2.38. The number of halogens is 1. The molecule has 1 N–H and O–H groups in total. The number of nitrogens with one attached hydrogen (secondary N) is 1. The third-order valence-corrected chi connectivity index (χ3v) is 7.00. The Morgan fingerprint density at radius 2 is 1.93 bits per heavy atom. The predicted molar refractivity (Wildman–Crippen MR) is 108 cm³/mol. The molecule has 1 saturated carbocycles. The number of carbonyl (C=O) groups is 1. The Kier molecular flexibility index (Phi) is 5.32. The average Bonchev–Trinajstić information content (AvgIpc) is 3.07. The summed E-state index contributed by atoms with van der Waals surface area (Å²) in [6.45, 7) is 1.90. The SMILES string of the molecule is Cc1nnc2n1N[C@H](c1ccc(Cl)cc1)[C@@H](C(=O)N(C)C1CCCCC1)S2. The fourth-order valence-electron chi connectivity index (χ4n) is 3.92. The Hall–Kier alpha value is -1.73. The number of fused-ring (bicyclic) bond motifs is 1. The Morgan fingerprint density at radius 3 is 2.63 bits per heavy atom. The van der Waals surface area contributed by atoms with E-state index >= 15 is 0 Å². The second kappa shape index (κ2) is 7.72. The van der Waals surface area contributed by atoms with Gasteiger partial charge in [0.05, 0.1) is 6.04 Å². The molecule has 0 unspecified atom stereocenters. The van der Waals surface area contributed by atoms with E-state index in [1.807, 2.05) is 47.8 Å². The minimum absolute atomic E-state index is 0.145. The van der Waals surface area contributed by atoms with Crippen molar-refractivity contribution in [2.24, 2.45) is 0 Å². The van der Waals surface area contributed by atoms with Gasteiger partial charge in [0.1, 0.15) is 11.1 Å². The lowest BCUT2D eigenvalue weighted by molar-refractivity contribution is -0.132. The summed E-state index contributed by atoms with van der Waals surface area (Å²) in [4.78, 5) is 15.4. The lowest BCUT2D eigenvalue weighted by atomic mass is 9.94. The van der Waals surface area contributed by atoms with E-state index in [1.54, 1.807) is 0 Å². The van der Waals surface area contributed by atoms with E-state index in [9.17, 15) is 4.79 Å². The van der Waals surface area contributed by atoms with Gasteiger partial charge in [-0.1, -0.05) is 54.8 Å². The molecule has 1 amide bonds. The molecular formula is C19H24ClN5OS. The minimum Gasteiger partial charge on any atom is -0.342 e. The van der Waals surface area contributed by atoms with Gasteiger partial charge in [0.2, 0.25) is 11.1 Å². The smallest absolute Gasteiger partial charge is 0.238 e. The molecule has 6 nitrogen and oxygen atoms in total. The number of amides is 1. The summed E-state index contributed by atoms with van der Waals surface area (Å²) in [5.41, 5.74) is 4.48. The molecule has 0 bridgehead atoms. The first-order valence-electron chi connectivity index (χ1n) is 9.42. The number of hydrogen-bond donors (Lipinski definition) is 1. The summed E-state index contributed by atoms with van der Waals surface area (Å²) in [6.07, 6.45) is 5.86. The quantitative estimate of drug-likeness (QED) is 0.841. The average molecular weight is 406 g/mol. The van der Waals surface area contributed by atoms with Crippen LogP contribution in [0.3, 0.4) is 0 Å². The zero-order valence-corrected chi connectivity index (χ0v) is 17.1. The lowest BCUT2D eigenvalue weighted by Gasteiger charge is -2.38. The number of aryl methyl sites for hydroxylation is 1. The van der Waals surface area contributed by atoms with Crippen LogP contribution < -0.4 is 5.43 Å². The van der Waals surface area contributed by atoms with E-state index in [0.717, 1.165) is 29.4 Å². The van der Waals surface area contributed by atoms with Crippen molar-refractivity contribution in [1.82, 2.24) is 19.8 Å². The number of hydrogen-bond acceptors (Lipinski definition) is 5. The van der Waals surface area contributed by atoms with Gasteiger partial charge in [-0.05, 0) is 37.5 Å². The normalized spacial score (nSPS) is 22.8. The van der Waals surface area contributed by atoms with Crippen molar-refractivity contribution in [3.63, 3.8) is 0 Å². The molecule has 1 aliphatic carbocycles. The van der Waals surface area contributed by atoms with Gasteiger partial charge in [0, 0.05) is 18.1 Å². The predicted octanol–water partition coefficient (Wildman–Crippen LogP) is 3.79. The van der Waals surface area contributed by atoms with Gasteiger partial charge in [0.15, 0.2) is 0 Å². The van der Waals surface area contributed by atoms with Crippen molar-refractivity contribution in [1.29, 1.82) is 0 Å². The highest BCUT2D eigenvalue weighted by Gasteiger charge is 2.40. The van der Waals surface area contributed by atoms with Crippen LogP contribution in [0.25, 0.3) is 0 Å². The van der Waals surface area contributed by atoms with Crippen LogP contribution in [0.1, 0.15) is 49.5 Å². The van der Waals surface area contributed by atoms with Gasteiger partial charge < -0.3 is 10.3 Å². The molecule has 1 aromatic carbocycles. The van der Waals surface area contributed by atoms with E-state index in [-0.39, 0.29) is 17.2 Å². The summed E-state index contributed by atoms with van der Waals surface area (Å²) in [5, 5.41) is 9.50. The van der Waals surface area contributed by atoms with Crippen molar-refractivity contribution in [3.05, 3.63) is 40.7 Å². The van der Waals surface area contributed by atoms with E-state index in [1.165, 1.54) is 31.0 Å². The molecule has 0 saturated heterocycles. The summed E-state index contributed by atoms with van der Waals surface area (Å²) in [5.74, 6) is 0.925. The molecule has 8 heteroatoms. The molecule has 2 heterocycles. The monoisotopic (exact) mass is 405 g/mol. The van der Waals surface area contributed by atoms with Gasteiger partial charge in [-0.25, -0.2) is 4.68 Å². The number of aromatic nitrogens is 3. The minimum atomic E-state index is -0.297. The summed E-state index contributed by atoms with van der Waals surface area (Å²) >= 11 is 7.55. The van der Waals surface area contributed by atoms with Crippen LogP contribution in [0, 0.1) is 6.92 Å². The third-order valence-electron chi connectivity index (χ3n) is 5.54. The van der Waals surface area contributed by atoms with Crippen molar-refractivity contribution < 1.29 is 4.79 Å². The molecule has 0 radical (unpaired) electrons. The fourth-order valence-corrected chi connectivity index (χ4v) is 5.27. The van der Waals surface area contributed by atoms with Crippen molar-refractivity contribution in [2.45, 2.75) is 61.5 Å². The van der Waals surface area contributed by atoms with Gasteiger partial charge in [-0.2, -0.15) is 0 Å². The van der Waals surface area contributed by atoms with Crippen LogP contribution >= 0.6 is 23.4 Å². The van der Waals surface area contributed by atoms with Crippen molar-refractivity contribution in [2.75, 3.05) is 12.5 Å². The molecule has 1 aliphatic heterocycles. The highest BCUT2D eigenvalue weighted by atomic mass is 35.5.